The van der Waals surface area contributed by atoms with Gasteiger partial charge >= 0.3 is 0 Å². The average molecular weight is 379 g/mol. The molecule has 2 amide bonds. The topological polar surface area (TPSA) is 95.6 Å². The summed E-state index contributed by atoms with van der Waals surface area (Å²) in [4.78, 5) is 26.7. The molecule has 0 bridgehead atoms. The molecule has 0 unspecified atom stereocenters. The van der Waals surface area contributed by atoms with Crippen LogP contribution in [-0.2, 0) is 19.4 Å². The molecule has 1 aromatic carbocycles. The Kier molecular flexibility index (Phi) is 5.34. The number of benzene rings is 1. The van der Waals surface area contributed by atoms with Gasteiger partial charge in [0.05, 0.1) is 0 Å². The summed E-state index contributed by atoms with van der Waals surface area (Å²) in [5, 5.41) is 5.87. The Bertz CT molecular complexity index is 800. The highest BCUT2D eigenvalue weighted by molar-refractivity contribution is 7.92. The highest BCUT2D eigenvalue weighted by atomic mass is 32.2. The zero-order valence-corrected chi connectivity index (χ0v) is 15.8. The van der Waals surface area contributed by atoms with Crippen LogP contribution in [-0.4, -0.2) is 50.9 Å². The zero-order chi connectivity index (χ0) is 18.8. The van der Waals surface area contributed by atoms with Crippen LogP contribution in [0.15, 0.2) is 24.3 Å². The first-order valence-electron chi connectivity index (χ1n) is 8.96. The Morgan fingerprint density at radius 1 is 1.23 bits per heavy atom. The van der Waals surface area contributed by atoms with Crippen molar-refractivity contribution in [2.75, 3.05) is 36.1 Å². The molecule has 1 aromatic rings. The van der Waals surface area contributed by atoms with Gasteiger partial charge in [-0.25, -0.2) is 8.42 Å². The SMILES string of the molecule is CS(=O)(=O)C1(C(=O)Nc2cccc(N3CCCCC3=O)c2)CCNCC1. The second kappa shape index (κ2) is 7.36. The summed E-state index contributed by atoms with van der Waals surface area (Å²) in [6, 6.07) is 7.04. The number of carbonyl (C=O) groups is 2. The Balaban J connectivity index is 1.83. The minimum atomic E-state index is -3.56. The molecule has 2 aliphatic rings. The van der Waals surface area contributed by atoms with E-state index in [0.717, 1.165) is 24.8 Å². The summed E-state index contributed by atoms with van der Waals surface area (Å²) < 4.78 is 23.3. The summed E-state index contributed by atoms with van der Waals surface area (Å²) in [7, 11) is -3.56. The van der Waals surface area contributed by atoms with E-state index in [2.05, 4.69) is 10.6 Å². The van der Waals surface area contributed by atoms with Gasteiger partial charge in [-0.15, -0.1) is 0 Å². The lowest BCUT2D eigenvalue weighted by Crippen LogP contribution is -2.55. The van der Waals surface area contributed by atoms with E-state index in [0.29, 0.717) is 31.7 Å². The fraction of sp³-hybridized carbons (Fsp3) is 0.556. The number of amides is 2. The predicted octanol–water partition coefficient (Wildman–Crippen LogP) is 1.31. The number of hydrogen-bond acceptors (Lipinski definition) is 5. The number of piperidine rings is 2. The summed E-state index contributed by atoms with van der Waals surface area (Å²) in [6.07, 6.45) is 4.01. The van der Waals surface area contributed by atoms with E-state index in [4.69, 9.17) is 0 Å². The summed E-state index contributed by atoms with van der Waals surface area (Å²) >= 11 is 0. The van der Waals surface area contributed by atoms with E-state index in [1.165, 1.54) is 0 Å². The van der Waals surface area contributed by atoms with E-state index in [1.54, 1.807) is 23.1 Å². The molecule has 2 fully saturated rings. The van der Waals surface area contributed by atoms with Gasteiger partial charge in [0.1, 0.15) is 0 Å². The van der Waals surface area contributed by atoms with E-state index < -0.39 is 20.5 Å². The van der Waals surface area contributed by atoms with Crippen molar-refractivity contribution in [2.24, 2.45) is 0 Å². The normalized spacial score (nSPS) is 20.7. The molecule has 2 aliphatic heterocycles. The third kappa shape index (κ3) is 3.61. The minimum absolute atomic E-state index is 0.0747. The molecular formula is C18H25N3O4S. The van der Waals surface area contributed by atoms with Crippen LogP contribution in [0, 0.1) is 0 Å². The fourth-order valence-electron chi connectivity index (χ4n) is 3.67. The molecule has 3 rings (SSSR count). The quantitative estimate of drug-likeness (QED) is 0.822. The van der Waals surface area contributed by atoms with Crippen LogP contribution in [0.2, 0.25) is 0 Å². The molecule has 0 aromatic heterocycles. The smallest absolute Gasteiger partial charge is 0.245 e. The van der Waals surface area contributed by atoms with Gasteiger partial charge in [0.25, 0.3) is 0 Å². The molecule has 7 nitrogen and oxygen atoms in total. The maximum Gasteiger partial charge on any atom is 0.245 e. The summed E-state index contributed by atoms with van der Waals surface area (Å²) in [5.74, 6) is -0.422. The van der Waals surface area contributed by atoms with Crippen molar-refractivity contribution in [3.05, 3.63) is 24.3 Å². The Hall–Kier alpha value is -1.93. The van der Waals surface area contributed by atoms with Crippen LogP contribution >= 0.6 is 0 Å². The van der Waals surface area contributed by atoms with Crippen molar-refractivity contribution in [3.63, 3.8) is 0 Å². The van der Waals surface area contributed by atoms with Gasteiger partial charge in [-0.1, -0.05) is 6.07 Å². The maximum atomic E-state index is 12.9. The summed E-state index contributed by atoms with van der Waals surface area (Å²) in [5.41, 5.74) is 1.23. The lowest BCUT2D eigenvalue weighted by molar-refractivity contribution is -0.120. The van der Waals surface area contributed by atoms with Crippen LogP contribution in [0.5, 0.6) is 0 Å². The molecule has 0 aliphatic carbocycles. The first-order chi connectivity index (χ1) is 12.3. The van der Waals surface area contributed by atoms with Gasteiger partial charge in [-0.3, -0.25) is 9.59 Å². The number of anilines is 2. The Morgan fingerprint density at radius 2 is 1.96 bits per heavy atom. The van der Waals surface area contributed by atoms with E-state index >= 15 is 0 Å². The lowest BCUT2D eigenvalue weighted by atomic mass is 9.95. The van der Waals surface area contributed by atoms with Gasteiger partial charge in [-0.2, -0.15) is 0 Å². The minimum Gasteiger partial charge on any atom is -0.325 e. The van der Waals surface area contributed by atoms with Gasteiger partial charge < -0.3 is 15.5 Å². The van der Waals surface area contributed by atoms with E-state index in [9.17, 15) is 18.0 Å². The van der Waals surface area contributed by atoms with Crippen LogP contribution in [0.4, 0.5) is 11.4 Å². The highest BCUT2D eigenvalue weighted by Gasteiger charge is 2.48. The van der Waals surface area contributed by atoms with Crippen LogP contribution in [0.3, 0.4) is 0 Å². The van der Waals surface area contributed by atoms with Crippen molar-refractivity contribution in [1.29, 1.82) is 0 Å². The number of nitrogens with one attached hydrogen (secondary N) is 2. The van der Waals surface area contributed by atoms with Crippen LogP contribution in [0.25, 0.3) is 0 Å². The number of nitrogens with zero attached hydrogens (tertiary/aromatic N) is 1. The highest BCUT2D eigenvalue weighted by Crippen LogP contribution is 2.30. The molecule has 2 heterocycles. The van der Waals surface area contributed by atoms with Crippen molar-refractivity contribution < 1.29 is 18.0 Å². The predicted molar refractivity (Wildman–Crippen MR) is 101 cm³/mol. The van der Waals surface area contributed by atoms with Gasteiger partial charge in [0.2, 0.25) is 11.8 Å². The summed E-state index contributed by atoms with van der Waals surface area (Å²) in [6.45, 7) is 1.64. The molecule has 0 saturated carbocycles. The van der Waals surface area contributed by atoms with Crippen molar-refractivity contribution in [2.45, 2.75) is 36.9 Å². The third-order valence-corrected chi connectivity index (χ3v) is 7.29. The number of sulfone groups is 1. The molecule has 0 spiro atoms. The first kappa shape index (κ1) is 18.8. The van der Waals surface area contributed by atoms with Crippen molar-refractivity contribution in [1.82, 2.24) is 5.32 Å². The van der Waals surface area contributed by atoms with Crippen LogP contribution < -0.4 is 15.5 Å². The number of hydrogen-bond donors (Lipinski definition) is 2. The molecule has 2 N–H and O–H groups in total. The van der Waals surface area contributed by atoms with Crippen LogP contribution in [0.1, 0.15) is 32.1 Å². The second-order valence-corrected chi connectivity index (χ2v) is 9.35. The monoisotopic (exact) mass is 379 g/mol. The molecule has 8 heteroatoms. The second-order valence-electron chi connectivity index (χ2n) is 7.02. The van der Waals surface area contributed by atoms with Gasteiger partial charge in [0, 0.05) is 30.6 Å². The van der Waals surface area contributed by atoms with Crippen molar-refractivity contribution >= 4 is 33.0 Å². The molecule has 0 atom stereocenters. The van der Waals surface area contributed by atoms with Gasteiger partial charge in [-0.05, 0) is 57.0 Å². The number of rotatable bonds is 4. The number of carbonyl (C=O) groups excluding carboxylic acids is 2. The molecule has 26 heavy (non-hydrogen) atoms. The van der Waals surface area contributed by atoms with E-state index in [1.807, 2.05) is 6.07 Å². The largest absolute Gasteiger partial charge is 0.325 e. The standard InChI is InChI=1S/C18H25N3O4S/c1-26(24,25)18(8-10-19-11-9-18)17(23)20-14-5-4-6-15(13-14)21-12-3-2-7-16(21)22/h4-6,13,19H,2-3,7-12H2,1H3,(H,20,23). The lowest BCUT2D eigenvalue weighted by Gasteiger charge is -2.34. The molecular weight excluding hydrogens is 354 g/mol. The Labute approximate surface area is 154 Å². The average Bonchev–Trinajstić information content (AvgIpc) is 2.62. The first-order valence-corrected chi connectivity index (χ1v) is 10.8. The Morgan fingerprint density at radius 3 is 2.62 bits per heavy atom. The fourth-order valence-corrected chi connectivity index (χ4v) is 5.01. The third-order valence-electron chi connectivity index (χ3n) is 5.27. The van der Waals surface area contributed by atoms with E-state index in [-0.39, 0.29) is 18.7 Å². The maximum absolute atomic E-state index is 12.9. The molecule has 142 valence electrons. The molecule has 0 radical (unpaired) electrons. The molecule has 2 saturated heterocycles. The zero-order valence-electron chi connectivity index (χ0n) is 15.0. The van der Waals surface area contributed by atoms with Gasteiger partial charge in [0.15, 0.2) is 14.6 Å². The van der Waals surface area contributed by atoms with Crippen molar-refractivity contribution in [3.8, 4) is 0 Å².